The topological polar surface area (TPSA) is 29.4 Å². The second-order valence-corrected chi connectivity index (χ2v) is 14.7. The number of rotatable bonds is 7. The molecule has 0 aliphatic heterocycles. The SMILES string of the molecule is C/C(CC(C)(C)C)=C(/C)c1cc(C(C)C)ccc1C.CC(C)(C)C.CC/C=C/B(C)N=O.CCC1=CC=C(C)CC1. The normalized spacial score (nSPS) is 13.9. The molecule has 0 amide bonds. The number of benzene rings is 1. The van der Waals surface area contributed by atoms with Gasteiger partial charge in [-0.15, -0.1) is 5.09 Å². The first-order chi connectivity index (χ1) is 18.7. The zero-order valence-electron chi connectivity index (χ0n) is 30.1. The molecule has 0 saturated heterocycles. The minimum absolute atomic E-state index is 0.157. The minimum atomic E-state index is -0.157. The average Bonchev–Trinajstić information content (AvgIpc) is 2.86. The lowest BCUT2D eigenvalue weighted by atomic mass is 9.67. The molecule has 1 aromatic carbocycles. The molecule has 0 heterocycles. The number of hydrogen-bond donors (Lipinski definition) is 0. The van der Waals surface area contributed by atoms with E-state index in [1.54, 1.807) is 18.4 Å². The molecule has 3 heteroatoms. The molecule has 0 bridgehead atoms. The van der Waals surface area contributed by atoms with E-state index in [1.807, 2.05) is 13.0 Å². The zero-order valence-corrected chi connectivity index (χ0v) is 30.1. The lowest BCUT2D eigenvalue weighted by molar-refractivity contribution is 0.410. The van der Waals surface area contributed by atoms with E-state index in [0.717, 1.165) is 12.8 Å². The van der Waals surface area contributed by atoms with Crippen molar-refractivity contribution >= 4 is 12.4 Å². The van der Waals surface area contributed by atoms with Crippen molar-refractivity contribution in [1.29, 1.82) is 0 Å². The van der Waals surface area contributed by atoms with Crippen molar-refractivity contribution in [2.24, 2.45) is 15.9 Å². The summed E-state index contributed by atoms with van der Waals surface area (Å²) < 4.78 is 0. The fourth-order valence-electron chi connectivity index (χ4n) is 4.01. The predicted octanol–water partition coefficient (Wildman–Crippen LogP) is 13.3. The summed E-state index contributed by atoms with van der Waals surface area (Å²) in [7, 11) is 0. The molecule has 0 N–H and O–H groups in total. The third kappa shape index (κ3) is 23.1. The van der Waals surface area contributed by atoms with Gasteiger partial charge in [0.25, 0.3) is 0 Å². The molecule has 0 saturated carbocycles. The monoisotopic (exact) mass is 564 g/mol. The third-order valence-electron chi connectivity index (χ3n) is 6.48. The Bertz CT molecular complexity index is 1000. The maximum atomic E-state index is 9.71. The van der Waals surface area contributed by atoms with Crippen molar-refractivity contribution < 1.29 is 0 Å². The Morgan fingerprint density at radius 3 is 1.93 bits per heavy atom. The van der Waals surface area contributed by atoms with Crippen LogP contribution >= 0.6 is 0 Å². The van der Waals surface area contributed by atoms with Crippen LogP contribution < -0.4 is 0 Å². The fourth-order valence-corrected chi connectivity index (χ4v) is 4.01. The third-order valence-corrected chi connectivity index (χ3v) is 6.48. The first kappa shape index (κ1) is 41.0. The number of aryl methyl sites for hydroxylation is 1. The number of hydrogen-bond acceptors (Lipinski definition) is 2. The Kier molecular flexibility index (Phi) is 20.7. The van der Waals surface area contributed by atoms with Crippen LogP contribution in [0.15, 0.2) is 64.2 Å². The van der Waals surface area contributed by atoms with Crippen LogP contribution in [0.4, 0.5) is 0 Å². The summed E-state index contributed by atoms with van der Waals surface area (Å²) in [6, 6.07) is 6.90. The van der Waals surface area contributed by atoms with Crippen LogP contribution in [0.1, 0.15) is 152 Å². The molecular weight excluding hydrogens is 497 g/mol. The van der Waals surface area contributed by atoms with Gasteiger partial charge in [0, 0.05) is 0 Å². The molecule has 2 nitrogen and oxygen atoms in total. The van der Waals surface area contributed by atoms with Crippen molar-refractivity contribution in [3.8, 4) is 0 Å². The molecule has 0 aromatic heterocycles. The highest BCUT2D eigenvalue weighted by Gasteiger charge is 2.14. The van der Waals surface area contributed by atoms with Gasteiger partial charge in [0.15, 0.2) is 0 Å². The highest BCUT2D eigenvalue weighted by Crippen LogP contribution is 2.31. The van der Waals surface area contributed by atoms with E-state index in [9.17, 15) is 4.91 Å². The highest BCUT2D eigenvalue weighted by molar-refractivity contribution is 6.60. The summed E-state index contributed by atoms with van der Waals surface area (Å²) in [6.07, 6.45) is 12.4. The minimum Gasteiger partial charge on any atom is -0.167 e. The fraction of sp³-hybridized carbons (Fsp3) is 0.632. The van der Waals surface area contributed by atoms with Crippen molar-refractivity contribution in [3.63, 3.8) is 0 Å². The second kappa shape index (κ2) is 20.7. The van der Waals surface area contributed by atoms with Gasteiger partial charge < -0.3 is 0 Å². The molecule has 41 heavy (non-hydrogen) atoms. The van der Waals surface area contributed by atoms with E-state index in [2.05, 4.69) is 132 Å². The molecule has 0 fully saturated rings. The van der Waals surface area contributed by atoms with Gasteiger partial charge in [-0.3, -0.25) is 0 Å². The van der Waals surface area contributed by atoms with E-state index >= 15 is 0 Å². The quantitative estimate of drug-likeness (QED) is 0.240. The van der Waals surface area contributed by atoms with E-state index in [0.29, 0.717) is 16.7 Å². The maximum Gasteiger partial charge on any atom is 0.359 e. The molecule has 0 atom stereocenters. The summed E-state index contributed by atoms with van der Waals surface area (Å²) in [5.41, 5.74) is 11.2. The Morgan fingerprint density at radius 1 is 0.976 bits per heavy atom. The smallest absolute Gasteiger partial charge is 0.167 e. The average molecular weight is 564 g/mol. The Balaban J connectivity index is 0. The molecule has 1 aromatic rings. The van der Waals surface area contributed by atoms with E-state index in [1.165, 1.54) is 52.7 Å². The zero-order chi connectivity index (χ0) is 32.4. The van der Waals surface area contributed by atoms with Crippen LogP contribution in [0.5, 0.6) is 0 Å². The van der Waals surface area contributed by atoms with E-state index < -0.39 is 0 Å². The number of nitrogens with zero attached hydrogens (tertiary/aromatic N) is 1. The number of allylic oxidation sites excluding steroid dienone is 7. The van der Waals surface area contributed by atoms with Crippen LogP contribution in [0.25, 0.3) is 5.57 Å². The van der Waals surface area contributed by atoms with Gasteiger partial charge in [0.1, 0.15) is 0 Å². The first-order valence-electron chi connectivity index (χ1n) is 15.9. The van der Waals surface area contributed by atoms with Crippen LogP contribution in [-0.2, 0) is 0 Å². The summed E-state index contributed by atoms with van der Waals surface area (Å²) >= 11 is 0. The van der Waals surface area contributed by atoms with Crippen molar-refractivity contribution in [2.75, 3.05) is 0 Å². The first-order valence-corrected chi connectivity index (χ1v) is 15.9. The molecule has 2 rings (SSSR count). The number of nitroso groups, excluding NO2 is 1. The summed E-state index contributed by atoms with van der Waals surface area (Å²) in [4.78, 5) is 9.71. The van der Waals surface area contributed by atoms with E-state index in [-0.39, 0.29) is 6.85 Å². The van der Waals surface area contributed by atoms with Gasteiger partial charge in [0.05, 0.1) is 0 Å². The molecule has 0 radical (unpaired) electrons. The molecule has 1 aliphatic rings. The molecule has 0 unspecified atom stereocenters. The van der Waals surface area contributed by atoms with Gasteiger partial charge in [-0.2, -0.15) is 4.91 Å². The lowest BCUT2D eigenvalue weighted by Crippen LogP contribution is -2.06. The van der Waals surface area contributed by atoms with Crippen LogP contribution in [0, 0.1) is 22.7 Å². The summed E-state index contributed by atoms with van der Waals surface area (Å²) in [6.45, 7) is 35.0. The van der Waals surface area contributed by atoms with E-state index in [4.69, 9.17) is 0 Å². The highest BCUT2D eigenvalue weighted by atomic mass is 16.2. The molecular formula is C38H66BNO. The predicted molar refractivity (Wildman–Crippen MR) is 191 cm³/mol. The van der Waals surface area contributed by atoms with Gasteiger partial charge in [0.2, 0.25) is 0 Å². The lowest BCUT2D eigenvalue weighted by Gasteiger charge is -2.21. The summed E-state index contributed by atoms with van der Waals surface area (Å²) in [5.74, 6) is 2.39. The van der Waals surface area contributed by atoms with Crippen molar-refractivity contribution in [1.82, 2.24) is 0 Å². The molecule has 232 valence electrons. The van der Waals surface area contributed by atoms with Crippen LogP contribution in [-0.4, -0.2) is 6.85 Å². The van der Waals surface area contributed by atoms with Crippen molar-refractivity contribution in [3.05, 3.63) is 80.7 Å². The van der Waals surface area contributed by atoms with Gasteiger partial charge >= 0.3 is 6.85 Å². The standard InChI is InChI=1S/C19H30.C9H14.C5H10BNO.C5H12/c1-13(2)17-10-9-14(3)18(11-17)16(5)15(4)12-19(6,7)8;1-3-9-6-4-8(2)5-7-9;1-3-4-5-6(2)7-8;1-5(2,3)4/h9-11,13H,12H2,1-8H3;4,6H,3,5,7H2,1-2H3;4-5H,3H2,1-2H3;1-4H3/b16-15+;;5-4+;. The molecule has 1 aliphatic carbocycles. The van der Waals surface area contributed by atoms with Gasteiger partial charge in [-0.05, 0) is 98.8 Å². The van der Waals surface area contributed by atoms with Crippen LogP contribution in [0.3, 0.4) is 0 Å². The summed E-state index contributed by atoms with van der Waals surface area (Å²) in [5, 5.41) is 2.79. The van der Waals surface area contributed by atoms with Crippen LogP contribution in [0.2, 0.25) is 6.82 Å². The Morgan fingerprint density at radius 2 is 1.54 bits per heavy atom. The Labute approximate surface area is 257 Å². The maximum absolute atomic E-state index is 9.71. The van der Waals surface area contributed by atoms with Gasteiger partial charge in [-0.25, -0.2) is 0 Å². The second-order valence-electron chi connectivity index (χ2n) is 14.7. The Hall–Kier alpha value is -2.16. The van der Waals surface area contributed by atoms with Crippen molar-refractivity contribution in [2.45, 2.75) is 149 Å². The largest absolute Gasteiger partial charge is 0.359 e. The van der Waals surface area contributed by atoms with Gasteiger partial charge in [-0.1, -0.05) is 142 Å². The molecule has 0 spiro atoms.